The second-order valence-electron chi connectivity index (χ2n) is 6.28. The minimum Gasteiger partial charge on any atom is -0.374 e. The van der Waals surface area contributed by atoms with E-state index in [-0.39, 0.29) is 24.0 Å². The molecule has 142 valence electrons. The lowest BCUT2D eigenvalue weighted by molar-refractivity contribution is -0.114. The Morgan fingerprint density at radius 2 is 1.54 bits per heavy atom. The van der Waals surface area contributed by atoms with E-state index in [1.165, 1.54) is 6.07 Å². The van der Waals surface area contributed by atoms with Crippen LogP contribution in [-0.2, 0) is 4.79 Å². The Hall–Kier alpha value is -3.67. The highest BCUT2D eigenvalue weighted by atomic mass is 19.1. The Morgan fingerprint density at radius 1 is 0.857 bits per heavy atom. The van der Waals surface area contributed by atoms with E-state index in [9.17, 15) is 14.0 Å². The Kier molecular flexibility index (Phi) is 6.01. The number of carbonyl (C=O) groups is 2. The van der Waals surface area contributed by atoms with Gasteiger partial charge in [0.25, 0.3) is 5.91 Å². The first kappa shape index (κ1) is 19.1. The van der Waals surface area contributed by atoms with Gasteiger partial charge in [-0.2, -0.15) is 0 Å². The van der Waals surface area contributed by atoms with Gasteiger partial charge >= 0.3 is 0 Å². The second-order valence-corrected chi connectivity index (χ2v) is 6.28. The summed E-state index contributed by atoms with van der Waals surface area (Å²) in [6, 6.07) is 20.3. The van der Waals surface area contributed by atoms with Crippen molar-refractivity contribution in [2.75, 3.05) is 22.5 Å². The number of hydrogen-bond acceptors (Lipinski definition) is 3. The number of anilines is 3. The predicted molar refractivity (Wildman–Crippen MR) is 109 cm³/mol. The summed E-state index contributed by atoms with van der Waals surface area (Å²) in [5.74, 6) is -0.918. The molecule has 0 aliphatic heterocycles. The molecule has 0 heterocycles. The predicted octanol–water partition coefficient (Wildman–Crippen LogP) is 4.44. The normalized spacial score (nSPS) is 10.2. The van der Waals surface area contributed by atoms with E-state index in [0.717, 1.165) is 5.56 Å². The fourth-order valence-corrected chi connectivity index (χ4v) is 2.61. The number of benzene rings is 3. The number of nitrogens with one attached hydrogen (secondary N) is 3. The molecule has 28 heavy (non-hydrogen) atoms. The lowest BCUT2D eigenvalue weighted by Crippen LogP contribution is -2.22. The summed E-state index contributed by atoms with van der Waals surface area (Å²) >= 11 is 0. The number of carbonyl (C=O) groups excluding carboxylic acids is 2. The van der Waals surface area contributed by atoms with Crippen molar-refractivity contribution in [3.63, 3.8) is 0 Å². The summed E-state index contributed by atoms with van der Waals surface area (Å²) < 4.78 is 13.5. The average molecular weight is 377 g/mol. The third kappa shape index (κ3) is 5.17. The molecule has 0 aliphatic rings. The molecule has 0 fully saturated rings. The molecule has 3 aromatic rings. The molecule has 0 aromatic heterocycles. The maximum atomic E-state index is 13.5. The molecule has 2 amide bonds. The van der Waals surface area contributed by atoms with Crippen molar-refractivity contribution in [3.8, 4) is 0 Å². The molecule has 0 unspecified atom stereocenters. The van der Waals surface area contributed by atoms with Gasteiger partial charge in [0.15, 0.2) is 0 Å². The van der Waals surface area contributed by atoms with Gasteiger partial charge in [-0.1, -0.05) is 29.8 Å². The van der Waals surface area contributed by atoms with Gasteiger partial charge < -0.3 is 16.0 Å². The van der Waals surface area contributed by atoms with Gasteiger partial charge in [-0.05, 0) is 55.5 Å². The number of para-hydroxylation sites is 1. The SMILES string of the molecule is Cc1cccc(C(=O)Nc2ccc(NC(=O)CNc3ccccc3F)cc2)c1. The van der Waals surface area contributed by atoms with E-state index in [2.05, 4.69) is 16.0 Å². The van der Waals surface area contributed by atoms with Gasteiger partial charge in [-0.3, -0.25) is 9.59 Å². The molecule has 0 bridgehead atoms. The first-order valence-corrected chi connectivity index (χ1v) is 8.77. The molecule has 0 aliphatic carbocycles. The summed E-state index contributed by atoms with van der Waals surface area (Å²) in [6.45, 7) is 1.86. The van der Waals surface area contributed by atoms with Crippen LogP contribution in [-0.4, -0.2) is 18.4 Å². The number of halogens is 1. The molecule has 0 saturated carbocycles. The molecule has 3 aromatic carbocycles. The highest BCUT2D eigenvalue weighted by Crippen LogP contribution is 2.16. The zero-order valence-electron chi connectivity index (χ0n) is 15.3. The average Bonchev–Trinajstić information content (AvgIpc) is 2.69. The van der Waals surface area contributed by atoms with Gasteiger partial charge in [0.2, 0.25) is 5.91 Å². The lowest BCUT2D eigenvalue weighted by atomic mass is 10.1. The Bertz CT molecular complexity index is 987. The lowest BCUT2D eigenvalue weighted by Gasteiger charge is -2.10. The zero-order valence-corrected chi connectivity index (χ0v) is 15.3. The van der Waals surface area contributed by atoms with Crippen LogP contribution in [0.5, 0.6) is 0 Å². The van der Waals surface area contributed by atoms with Crippen molar-refractivity contribution in [2.24, 2.45) is 0 Å². The maximum absolute atomic E-state index is 13.5. The third-order valence-corrected chi connectivity index (χ3v) is 4.02. The van der Waals surface area contributed by atoms with Gasteiger partial charge in [0.1, 0.15) is 5.82 Å². The largest absolute Gasteiger partial charge is 0.374 e. The van der Waals surface area contributed by atoms with Crippen molar-refractivity contribution in [1.29, 1.82) is 0 Å². The van der Waals surface area contributed by atoms with Crippen molar-refractivity contribution in [3.05, 3.63) is 89.7 Å². The van der Waals surface area contributed by atoms with E-state index in [1.807, 2.05) is 25.1 Å². The Morgan fingerprint density at radius 3 is 2.21 bits per heavy atom. The highest BCUT2D eigenvalue weighted by Gasteiger charge is 2.07. The van der Waals surface area contributed by atoms with Gasteiger partial charge in [-0.25, -0.2) is 4.39 Å². The molecule has 3 rings (SSSR count). The molecule has 0 atom stereocenters. The van der Waals surface area contributed by atoms with Crippen LogP contribution in [0.2, 0.25) is 0 Å². The molecular formula is C22H20FN3O2. The third-order valence-electron chi connectivity index (χ3n) is 4.02. The van der Waals surface area contributed by atoms with Crippen LogP contribution in [0.3, 0.4) is 0 Å². The van der Waals surface area contributed by atoms with Crippen molar-refractivity contribution in [2.45, 2.75) is 6.92 Å². The van der Waals surface area contributed by atoms with Gasteiger partial charge in [-0.15, -0.1) is 0 Å². The van der Waals surface area contributed by atoms with E-state index in [4.69, 9.17) is 0 Å². The van der Waals surface area contributed by atoms with Crippen molar-refractivity contribution >= 4 is 28.9 Å². The smallest absolute Gasteiger partial charge is 0.255 e. The van der Waals surface area contributed by atoms with Crippen molar-refractivity contribution < 1.29 is 14.0 Å². The Balaban J connectivity index is 1.53. The summed E-state index contributed by atoms with van der Waals surface area (Å²) in [5.41, 5.74) is 3.06. The summed E-state index contributed by atoms with van der Waals surface area (Å²) in [7, 11) is 0. The molecular weight excluding hydrogens is 357 g/mol. The number of amides is 2. The molecule has 0 radical (unpaired) electrons. The summed E-state index contributed by atoms with van der Waals surface area (Å²) in [4.78, 5) is 24.3. The fraction of sp³-hybridized carbons (Fsp3) is 0.0909. The molecule has 6 heteroatoms. The topological polar surface area (TPSA) is 70.2 Å². The van der Waals surface area contributed by atoms with Crippen LogP contribution in [0.25, 0.3) is 0 Å². The first-order valence-electron chi connectivity index (χ1n) is 8.77. The molecule has 0 saturated heterocycles. The van der Waals surface area contributed by atoms with Crippen molar-refractivity contribution in [1.82, 2.24) is 0 Å². The van der Waals surface area contributed by atoms with Crippen LogP contribution >= 0.6 is 0 Å². The fourth-order valence-electron chi connectivity index (χ4n) is 2.61. The molecule has 5 nitrogen and oxygen atoms in total. The number of rotatable bonds is 6. The minimum absolute atomic E-state index is 0.0627. The highest BCUT2D eigenvalue weighted by molar-refractivity contribution is 6.04. The van der Waals surface area contributed by atoms with Crippen LogP contribution in [0, 0.1) is 12.7 Å². The Labute approximate surface area is 162 Å². The van der Waals surface area contributed by atoms with E-state index >= 15 is 0 Å². The van der Waals surface area contributed by atoms with Gasteiger partial charge in [0.05, 0.1) is 12.2 Å². The maximum Gasteiger partial charge on any atom is 0.255 e. The number of hydrogen-bond donors (Lipinski definition) is 3. The van der Waals surface area contributed by atoms with Crippen LogP contribution in [0.15, 0.2) is 72.8 Å². The molecule has 0 spiro atoms. The standard InChI is InChI=1S/C22H20FN3O2/c1-15-5-4-6-16(13-15)22(28)26-18-11-9-17(10-12-18)25-21(27)14-24-20-8-3-2-7-19(20)23/h2-13,24H,14H2,1H3,(H,25,27)(H,26,28). The van der Waals surface area contributed by atoms with E-state index in [0.29, 0.717) is 16.9 Å². The van der Waals surface area contributed by atoms with Gasteiger partial charge in [0, 0.05) is 16.9 Å². The van der Waals surface area contributed by atoms with Crippen LogP contribution < -0.4 is 16.0 Å². The minimum atomic E-state index is -0.413. The van der Waals surface area contributed by atoms with Crippen LogP contribution in [0.1, 0.15) is 15.9 Å². The summed E-state index contributed by atoms with van der Waals surface area (Å²) in [6.07, 6.45) is 0. The summed E-state index contributed by atoms with van der Waals surface area (Å²) in [5, 5.41) is 8.28. The van der Waals surface area contributed by atoms with E-state index < -0.39 is 5.82 Å². The monoisotopic (exact) mass is 377 g/mol. The first-order chi connectivity index (χ1) is 13.5. The number of aryl methyl sites for hydroxylation is 1. The zero-order chi connectivity index (χ0) is 19.9. The van der Waals surface area contributed by atoms with Crippen LogP contribution in [0.4, 0.5) is 21.5 Å². The second kappa shape index (κ2) is 8.81. The quantitative estimate of drug-likeness (QED) is 0.595. The van der Waals surface area contributed by atoms with E-state index in [1.54, 1.807) is 48.5 Å². The molecule has 3 N–H and O–H groups in total.